The molecule has 0 amide bonds. The molecule has 4 nitrogen and oxygen atoms in total. The lowest BCUT2D eigenvalue weighted by atomic mass is 10.2. The second-order valence-electron chi connectivity index (χ2n) is 7.65. The monoisotopic (exact) mass is 461 g/mol. The minimum absolute atomic E-state index is 0.163. The third kappa shape index (κ3) is 4.69. The highest BCUT2D eigenvalue weighted by molar-refractivity contribution is 7.92. The average molecular weight is 462 g/mol. The van der Waals surface area contributed by atoms with Crippen LogP contribution in [0.25, 0.3) is 0 Å². The van der Waals surface area contributed by atoms with Gasteiger partial charge >= 0.3 is 0 Å². The summed E-state index contributed by atoms with van der Waals surface area (Å²) in [6.45, 7) is 1.90. The standard InChI is InChI=1S/C26H24NO3PS/c1-21-16-18-24(19-17-21)32(29,30)27-25-14-8-9-15-26(25)31(28,23-12-6-3-7-13-23)20-22-10-4-2-5-11-22/h2-19,27H,20H2,1H3. The van der Waals surface area contributed by atoms with Gasteiger partial charge in [0.1, 0.15) is 7.14 Å². The molecule has 0 aromatic heterocycles. The van der Waals surface area contributed by atoms with Crippen LogP contribution in [0.2, 0.25) is 0 Å². The first kappa shape index (κ1) is 22.1. The summed E-state index contributed by atoms with van der Waals surface area (Å²) < 4.78 is 43.5. The van der Waals surface area contributed by atoms with E-state index in [4.69, 9.17) is 0 Å². The minimum atomic E-state index is -3.84. The summed E-state index contributed by atoms with van der Waals surface area (Å²) in [5.41, 5.74) is 2.23. The minimum Gasteiger partial charge on any atom is -0.313 e. The molecule has 0 bridgehead atoms. The van der Waals surface area contributed by atoms with Crippen LogP contribution in [0.15, 0.2) is 114 Å². The molecule has 1 unspecified atom stereocenters. The van der Waals surface area contributed by atoms with Gasteiger partial charge < -0.3 is 4.57 Å². The Morgan fingerprint density at radius 2 is 1.28 bits per heavy atom. The van der Waals surface area contributed by atoms with Crippen molar-refractivity contribution >= 4 is 33.5 Å². The number of hydrogen-bond acceptors (Lipinski definition) is 3. The number of hydrogen-bond donors (Lipinski definition) is 1. The van der Waals surface area contributed by atoms with E-state index in [0.29, 0.717) is 22.5 Å². The molecule has 1 N–H and O–H groups in total. The van der Waals surface area contributed by atoms with Gasteiger partial charge in [0.2, 0.25) is 0 Å². The van der Waals surface area contributed by atoms with Gasteiger partial charge in [0, 0.05) is 16.8 Å². The van der Waals surface area contributed by atoms with Crippen LogP contribution in [-0.2, 0) is 20.8 Å². The Bertz CT molecular complexity index is 1350. The lowest BCUT2D eigenvalue weighted by Gasteiger charge is -2.23. The summed E-state index contributed by atoms with van der Waals surface area (Å²) in [6, 6.07) is 32.5. The summed E-state index contributed by atoms with van der Waals surface area (Å²) in [4.78, 5) is 0.163. The number of nitrogens with one attached hydrogen (secondary N) is 1. The lowest BCUT2D eigenvalue weighted by molar-refractivity contribution is 0.586. The highest BCUT2D eigenvalue weighted by Crippen LogP contribution is 2.48. The molecule has 4 aromatic rings. The molecule has 6 heteroatoms. The van der Waals surface area contributed by atoms with Gasteiger partial charge in [-0.1, -0.05) is 90.5 Å². The summed E-state index contributed by atoms with van der Waals surface area (Å²) in [7, 11) is -7.04. The molecule has 0 spiro atoms. The van der Waals surface area contributed by atoms with Crippen molar-refractivity contribution in [2.75, 3.05) is 4.72 Å². The molecule has 4 aromatic carbocycles. The Morgan fingerprint density at radius 1 is 0.719 bits per heavy atom. The Balaban J connectivity index is 1.81. The summed E-state index contributed by atoms with van der Waals surface area (Å²) in [5.74, 6) is 0. The molecule has 0 aliphatic heterocycles. The summed E-state index contributed by atoms with van der Waals surface area (Å²) in [6.07, 6.45) is 0.293. The Morgan fingerprint density at radius 3 is 1.94 bits per heavy atom. The van der Waals surface area contributed by atoms with Crippen molar-refractivity contribution in [2.45, 2.75) is 18.0 Å². The predicted molar refractivity (Wildman–Crippen MR) is 132 cm³/mol. The van der Waals surface area contributed by atoms with Gasteiger partial charge in [-0.3, -0.25) is 4.72 Å². The molecule has 162 valence electrons. The van der Waals surface area contributed by atoms with Gasteiger partial charge in [-0.05, 0) is 36.8 Å². The number of para-hydroxylation sites is 1. The predicted octanol–water partition coefficient (Wildman–Crippen LogP) is 5.31. The van der Waals surface area contributed by atoms with Crippen LogP contribution >= 0.6 is 7.14 Å². The second kappa shape index (κ2) is 9.15. The van der Waals surface area contributed by atoms with Crippen molar-refractivity contribution in [3.8, 4) is 0 Å². The van der Waals surface area contributed by atoms with Crippen LogP contribution in [0.1, 0.15) is 11.1 Å². The Labute approximate surface area is 189 Å². The maximum absolute atomic E-state index is 14.6. The average Bonchev–Trinajstić information content (AvgIpc) is 2.80. The fourth-order valence-electron chi connectivity index (χ4n) is 3.62. The molecule has 0 aliphatic rings. The van der Waals surface area contributed by atoms with Crippen LogP contribution in [-0.4, -0.2) is 8.42 Å². The van der Waals surface area contributed by atoms with E-state index in [1.165, 1.54) is 0 Å². The van der Waals surface area contributed by atoms with Crippen LogP contribution in [0.5, 0.6) is 0 Å². The molecule has 0 heterocycles. The molecule has 0 radical (unpaired) electrons. The van der Waals surface area contributed by atoms with Crippen LogP contribution in [0.4, 0.5) is 5.69 Å². The van der Waals surface area contributed by atoms with E-state index in [0.717, 1.165) is 11.1 Å². The Hall–Kier alpha value is -3.14. The SMILES string of the molecule is Cc1ccc(S(=O)(=O)Nc2ccccc2P(=O)(Cc2ccccc2)c2ccccc2)cc1. The van der Waals surface area contributed by atoms with E-state index in [9.17, 15) is 13.0 Å². The van der Waals surface area contributed by atoms with E-state index in [1.54, 1.807) is 48.5 Å². The van der Waals surface area contributed by atoms with Crippen LogP contribution in [0, 0.1) is 6.92 Å². The summed E-state index contributed by atoms with van der Waals surface area (Å²) >= 11 is 0. The third-order valence-corrected chi connectivity index (χ3v) is 9.78. The quantitative estimate of drug-likeness (QED) is 0.380. The van der Waals surface area contributed by atoms with Crippen molar-refractivity contribution in [3.63, 3.8) is 0 Å². The smallest absolute Gasteiger partial charge is 0.261 e. The van der Waals surface area contributed by atoms with Gasteiger partial charge in [-0.15, -0.1) is 0 Å². The Kier molecular flexibility index (Phi) is 6.31. The first-order chi connectivity index (χ1) is 15.4. The number of anilines is 1. The van der Waals surface area contributed by atoms with Crippen LogP contribution < -0.4 is 15.3 Å². The maximum Gasteiger partial charge on any atom is 0.261 e. The number of aryl methyl sites for hydroxylation is 1. The first-order valence-electron chi connectivity index (χ1n) is 10.3. The molecule has 0 saturated heterocycles. The van der Waals surface area contributed by atoms with Gasteiger partial charge in [-0.25, -0.2) is 8.42 Å². The van der Waals surface area contributed by atoms with Crippen molar-refractivity contribution in [1.29, 1.82) is 0 Å². The van der Waals surface area contributed by atoms with E-state index in [-0.39, 0.29) is 4.90 Å². The van der Waals surface area contributed by atoms with Gasteiger partial charge in [0.15, 0.2) is 0 Å². The highest BCUT2D eigenvalue weighted by Gasteiger charge is 2.31. The van der Waals surface area contributed by atoms with Crippen molar-refractivity contribution in [3.05, 3.63) is 120 Å². The van der Waals surface area contributed by atoms with E-state index in [1.807, 2.05) is 67.6 Å². The number of rotatable bonds is 7. The maximum atomic E-state index is 14.6. The zero-order chi connectivity index (χ0) is 22.6. The lowest BCUT2D eigenvalue weighted by Crippen LogP contribution is -2.23. The zero-order valence-corrected chi connectivity index (χ0v) is 19.4. The molecule has 0 fully saturated rings. The van der Waals surface area contributed by atoms with E-state index < -0.39 is 17.2 Å². The highest BCUT2D eigenvalue weighted by atomic mass is 32.2. The van der Waals surface area contributed by atoms with Gasteiger partial charge in [-0.2, -0.15) is 0 Å². The molecule has 0 saturated carbocycles. The first-order valence-corrected chi connectivity index (χ1v) is 13.6. The number of benzene rings is 4. The zero-order valence-electron chi connectivity index (χ0n) is 17.7. The normalized spacial score (nSPS) is 13.3. The fraction of sp³-hybridized carbons (Fsp3) is 0.0769. The van der Waals surface area contributed by atoms with E-state index in [2.05, 4.69) is 4.72 Å². The van der Waals surface area contributed by atoms with E-state index >= 15 is 0 Å². The van der Waals surface area contributed by atoms with Crippen molar-refractivity contribution < 1.29 is 13.0 Å². The summed E-state index contributed by atoms with van der Waals surface area (Å²) in [5, 5.41) is 1.18. The molecule has 1 atom stereocenters. The molecular formula is C26H24NO3PS. The molecule has 32 heavy (non-hydrogen) atoms. The second-order valence-corrected chi connectivity index (χ2v) is 12.1. The largest absolute Gasteiger partial charge is 0.313 e. The van der Waals surface area contributed by atoms with Crippen molar-refractivity contribution in [2.24, 2.45) is 0 Å². The van der Waals surface area contributed by atoms with Crippen molar-refractivity contribution in [1.82, 2.24) is 0 Å². The van der Waals surface area contributed by atoms with Gasteiger partial charge in [0.05, 0.1) is 10.6 Å². The molecular weight excluding hydrogens is 437 g/mol. The third-order valence-electron chi connectivity index (χ3n) is 5.29. The number of sulfonamides is 1. The van der Waals surface area contributed by atoms with Gasteiger partial charge in [0.25, 0.3) is 10.0 Å². The fourth-order valence-corrected chi connectivity index (χ4v) is 7.63. The molecule has 4 rings (SSSR count). The molecule has 0 aliphatic carbocycles. The van der Waals surface area contributed by atoms with Crippen LogP contribution in [0.3, 0.4) is 0 Å². The topological polar surface area (TPSA) is 63.2 Å².